The van der Waals surface area contributed by atoms with Crippen molar-refractivity contribution in [2.45, 2.75) is 4.90 Å². The molecule has 0 aliphatic heterocycles. The Morgan fingerprint density at radius 3 is 2.69 bits per heavy atom. The average Bonchev–Trinajstić information content (AvgIpc) is 2.61. The second-order valence-electron chi connectivity index (χ2n) is 3.04. The number of hydrogen-bond acceptors (Lipinski definition) is 5. The predicted octanol–water partition coefficient (Wildman–Crippen LogP) is 0.119. The van der Waals surface area contributed by atoms with E-state index in [0.29, 0.717) is 0 Å². The highest BCUT2D eigenvalue weighted by molar-refractivity contribution is 7.89. The van der Waals surface area contributed by atoms with Crippen molar-refractivity contribution in [3.63, 3.8) is 0 Å². The van der Waals surface area contributed by atoms with Crippen LogP contribution in [-0.2, 0) is 10.0 Å². The number of hydrogen-bond donors (Lipinski definition) is 2. The van der Waals surface area contributed by atoms with E-state index in [-0.39, 0.29) is 21.6 Å². The number of aromatic nitrogens is 2. The molecular weight excluding hydrogens is 236 g/mol. The number of nitrogens with two attached hydrogens (primary N) is 1. The number of nitro groups is 1. The zero-order valence-electron chi connectivity index (χ0n) is 7.75. The minimum absolute atomic E-state index is 0.164. The Morgan fingerprint density at radius 1 is 1.44 bits per heavy atom. The molecule has 0 radical (unpaired) electrons. The molecular formula is C7H6N4O4S. The summed E-state index contributed by atoms with van der Waals surface area (Å²) in [6.45, 7) is 0. The number of nitrogens with zero attached hydrogens (tertiary/aromatic N) is 2. The zero-order valence-corrected chi connectivity index (χ0v) is 8.56. The number of imidazole rings is 1. The summed E-state index contributed by atoms with van der Waals surface area (Å²) in [5.74, 6) is 0. The summed E-state index contributed by atoms with van der Waals surface area (Å²) < 4.78 is 22.2. The molecule has 0 aliphatic rings. The highest BCUT2D eigenvalue weighted by Gasteiger charge is 2.20. The molecule has 0 atom stereocenters. The van der Waals surface area contributed by atoms with Crippen LogP contribution in [0.2, 0.25) is 0 Å². The van der Waals surface area contributed by atoms with E-state index in [1.165, 1.54) is 12.4 Å². The summed E-state index contributed by atoms with van der Waals surface area (Å²) in [5, 5.41) is 15.6. The van der Waals surface area contributed by atoms with Gasteiger partial charge in [-0.3, -0.25) is 10.1 Å². The van der Waals surface area contributed by atoms with Crippen LogP contribution in [0.4, 0.5) is 5.69 Å². The molecule has 1 heterocycles. The quantitative estimate of drug-likeness (QED) is 0.570. The van der Waals surface area contributed by atoms with Gasteiger partial charge in [0.15, 0.2) is 0 Å². The predicted molar refractivity (Wildman–Crippen MR) is 54.1 cm³/mol. The van der Waals surface area contributed by atoms with Crippen LogP contribution in [-0.4, -0.2) is 23.3 Å². The van der Waals surface area contributed by atoms with Gasteiger partial charge in [-0.1, -0.05) is 0 Å². The second kappa shape index (κ2) is 3.25. The number of aromatic amines is 1. The van der Waals surface area contributed by atoms with E-state index < -0.39 is 14.9 Å². The molecule has 0 fully saturated rings. The van der Waals surface area contributed by atoms with Gasteiger partial charge >= 0.3 is 0 Å². The Balaban J connectivity index is 2.87. The smallest absolute Gasteiger partial charge is 0.296 e. The maximum atomic E-state index is 11.1. The van der Waals surface area contributed by atoms with E-state index in [4.69, 9.17) is 5.14 Å². The zero-order chi connectivity index (χ0) is 11.9. The summed E-state index contributed by atoms with van der Waals surface area (Å²) in [6.07, 6.45) is 1.24. The topological polar surface area (TPSA) is 132 Å². The van der Waals surface area contributed by atoms with Crippen LogP contribution in [0.1, 0.15) is 0 Å². The summed E-state index contributed by atoms with van der Waals surface area (Å²) in [6, 6.07) is 2.07. The molecule has 1 aromatic carbocycles. The molecule has 3 N–H and O–H groups in total. The van der Waals surface area contributed by atoms with Crippen molar-refractivity contribution < 1.29 is 13.3 Å². The van der Waals surface area contributed by atoms with Gasteiger partial charge in [-0.25, -0.2) is 18.5 Å². The van der Waals surface area contributed by atoms with Crippen molar-refractivity contribution in [1.82, 2.24) is 9.97 Å². The number of nitrogens with one attached hydrogen (secondary N) is 1. The van der Waals surface area contributed by atoms with Gasteiger partial charge in [0, 0.05) is 6.07 Å². The summed E-state index contributed by atoms with van der Waals surface area (Å²) in [5.41, 5.74) is -0.0327. The molecule has 16 heavy (non-hydrogen) atoms. The van der Waals surface area contributed by atoms with Crippen molar-refractivity contribution in [1.29, 1.82) is 0 Å². The van der Waals surface area contributed by atoms with E-state index in [9.17, 15) is 18.5 Å². The molecule has 0 saturated heterocycles. The Morgan fingerprint density at radius 2 is 2.12 bits per heavy atom. The van der Waals surface area contributed by atoms with E-state index in [1.54, 1.807) is 0 Å². The number of non-ortho nitro benzene ring substituents is 1. The molecule has 8 nitrogen and oxygen atoms in total. The standard InChI is InChI=1S/C7H6N4O4S/c8-16(14,15)4-1-5-7(10-3-9-5)6(2-4)11(12)13/h1-3H,(H,9,10)(H2,8,14,15). The SMILES string of the molecule is NS(=O)(=O)c1cc([N+](=O)[O-])c2[nH]cnc2c1. The Labute approximate surface area is 89.3 Å². The third kappa shape index (κ3) is 1.61. The number of H-pyrrole nitrogens is 1. The third-order valence-corrected chi connectivity index (χ3v) is 2.90. The molecule has 0 spiro atoms. The van der Waals surface area contributed by atoms with E-state index in [2.05, 4.69) is 9.97 Å². The first-order valence-corrected chi connectivity index (χ1v) is 5.58. The minimum atomic E-state index is -3.99. The summed E-state index contributed by atoms with van der Waals surface area (Å²) >= 11 is 0. The fourth-order valence-electron chi connectivity index (χ4n) is 1.31. The van der Waals surface area contributed by atoms with Crippen LogP contribution < -0.4 is 5.14 Å². The van der Waals surface area contributed by atoms with Gasteiger partial charge in [0.1, 0.15) is 5.52 Å². The van der Waals surface area contributed by atoms with Gasteiger partial charge in [0.25, 0.3) is 5.69 Å². The normalized spacial score (nSPS) is 11.8. The van der Waals surface area contributed by atoms with Crippen molar-refractivity contribution >= 4 is 26.7 Å². The Bertz CT molecular complexity index is 675. The van der Waals surface area contributed by atoms with Crippen LogP contribution in [0.5, 0.6) is 0 Å². The lowest BCUT2D eigenvalue weighted by atomic mass is 10.3. The Hall–Kier alpha value is -2.00. The molecule has 0 saturated carbocycles. The highest BCUT2D eigenvalue weighted by atomic mass is 32.2. The highest BCUT2D eigenvalue weighted by Crippen LogP contribution is 2.26. The van der Waals surface area contributed by atoms with Gasteiger partial charge < -0.3 is 4.98 Å². The van der Waals surface area contributed by atoms with Crippen LogP contribution in [0.3, 0.4) is 0 Å². The van der Waals surface area contributed by atoms with Crippen LogP contribution >= 0.6 is 0 Å². The summed E-state index contributed by atoms with van der Waals surface area (Å²) in [7, 11) is -3.99. The van der Waals surface area contributed by atoms with Gasteiger partial charge in [-0.15, -0.1) is 0 Å². The minimum Gasteiger partial charge on any atom is -0.339 e. The van der Waals surface area contributed by atoms with E-state index >= 15 is 0 Å². The second-order valence-corrected chi connectivity index (χ2v) is 4.60. The molecule has 0 amide bonds. The molecule has 9 heteroatoms. The monoisotopic (exact) mass is 242 g/mol. The van der Waals surface area contributed by atoms with Crippen molar-refractivity contribution in [3.05, 3.63) is 28.6 Å². The molecule has 0 bridgehead atoms. The molecule has 2 rings (SSSR count). The Kier molecular flexibility index (Phi) is 2.14. The maximum absolute atomic E-state index is 11.1. The van der Waals surface area contributed by atoms with E-state index in [0.717, 1.165) is 6.07 Å². The number of rotatable bonds is 2. The first-order valence-electron chi connectivity index (χ1n) is 4.04. The largest absolute Gasteiger partial charge is 0.339 e. The number of sulfonamides is 1. The van der Waals surface area contributed by atoms with E-state index in [1.807, 2.05) is 0 Å². The summed E-state index contributed by atoms with van der Waals surface area (Å²) in [4.78, 5) is 16.0. The van der Waals surface area contributed by atoms with Gasteiger partial charge in [-0.2, -0.15) is 0 Å². The first kappa shape index (κ1) is 10.5. The number of primary sulfonamides is 1. The number of fused-ring (bicyclic) bond motifs is 1. The fraction of sp³-hybridized carbons (Fsp3) is 0. The molecule has 84 valence electrons. The van der Waals surface area contributed by atoms with Gasteiger partial charge in [-0.05, 0) is 6.07 Å². The molecule has 0 aliphatic carbocycles. The van der Waals surface area contributed by atoms with Crippen molar-refractivity contribution in [3.8, 4) is 0 Å². The average molecular weight is 242 g/mol. The lowest BCUT2D eigenvalue weighted by Crippen LogP contribution is -2.12. The molecule has 1 aromatic heterocycles. The van der Waals surface area contributed by atoms with Crippen molar-refractivity contribution in [2.75, 3.05) is 0 Å². The van der Waals surface area contributed by atoms with Crippen LogP contribution in [0.15, 0.2) is 23.4 Å². The van der Waals surface area contributed by atoms with Crippen LogP contribution in [0, 0.1) is 10.1 Å². The number of benzene rings is 1. The lowest BCUT2D eigenvalue weighted by Gasteiger charge is -1.98. The lowest BCUT2D eigenvalue weighted by molar-refractivity contribution is -0.383. The van der Waals surface area contributed by atoms with Crippen LogP contribution in [0.25, 0.3) is 11.0 Å². The molecule has 0 unspecified atom stereocenters. The first-order chi connectivity index (χ1) is 7.39. The van der Waals surface area contributed by atoms with Gasteiger partial charge in [0.2, 0.25) is 10.0 Å². The maximum Gasteiger partial charge on any atom is 0.296 e. The number of nitro benzene ring substituents is 1. The van der Waals surface area contributed by atoms with Gasteiger partial charge in [0.05, 0.1) is 21.7 Å². The fourth-order valence-corrected chi connectivity index (χ4v) is 1.86. The molecule has 2 aromatic rings. The third-order valence-electron chi connectivity index (χ3n) is 2.01. The van der Waals surface area contributed by atoms with Crippen molar-refractivity contribution in [2.24, 2.45) is 5.14 Å².